The van der Waals surface area contributed by atoms with Gasteiger partial charge in [-0.1, -0.05) is 12.8 Å². The first-order valence-electron chi connectivity index (χ1n) is 5.45. The lowest BCUT2D eigenvalue weighted by Crippen LogP contribution is -2.54. The van der Waals surface area contributed by atoms with Gasteiger partial charge in [0.05, 0.1) is 11.6 Å². The van der Waals surface area contributed by atoms with E-state index in [9.17, 15) is 14.4 Å². The van der Waals surface area contributed by atoms with Crippen LogP contribution in [0.15, 0.2) is 0 Å². The van der Waals surface area contributed by atoms with Crippen molar-refractivity contribution in [2.24, 2.45) is 11.7 Å². The number of ketones is 1. The number of carbonyl (C=O) groups excluding carboxylic acids is 3. The van der Waals surface area contributed by atoms with Crippen LogP contribution in [-0.4, -0.2) is 23.1 Å². The smallest absolute Gasteiger partial charge is 0.251 e. The molecule has 3 N–H and O–H groups in total. The topological polar surface area (TPSA) is 113 Å². The van der Waals surface area contributed by atoms with Crippen molar-refractivity contribution in [2.45, 2.75) is 38.1 Å². The third kappa shape index (κ3) is 2.88. The third-order valence-electron chi connectivity index (χ3n) is 2.98. The van der Waals surface area contributed by atoms with E-state index in [0.29, 0.717) is 12.8 Å². The minimum atomic E-state index is -1.44. The normalized spacial score (nSPS) is 19.1. The molecule has 0 aromatic carbocycles. The van der Waals surface area contributed by atoms with Crippen LogP contribution in [0, 0.1) is 17.2 Å². The summed E-state index contributed by atoms with van der Waals surface area (Å²) in [5.41, 5.74) is 4.80. The van der Waals surface area contributed by atoms with Crippen LogP contribution in [0.4, 0.5) is 0 Å². The summed E-state index contributed by atoms with van der Waals surface area (Å²) in [5, 5.41) is 10.7. The number of nitrogens with one attached hydrogen (secondary N) is 1. The van der Waals surface area contributed by atoms with Crippen molar-refractivity contribution < 1.29 is 14.4 Å². The number of nitriles is 1. The molecular formula is C11H15N3O3. The molecule has 1 unspecified atom stereocenters. The molecule has 1 rings (SSSR count). The second kappa shape index (κ2) is 5.06. The molecule has 0 radical (unpaired) electrons. The van der Waals surface area contributed by atoms with Crippen molar-refractivity contribution in [3.8, 4) is 6.07 Å². The summed E-state index contributed by atoms with van der Waals surface area (Å²) >= 11 is 0. The number of hydrogen-bond donors (Lipinski definition) is 2. The van der Waals surface area contributed by atoms with Gasteiger partial charge in [0.15, 0.2) is 11.7 Å². The maximum Gasteiger partial charge on any atom is 0.251 e. The first-order chi connectivity index (χ1) is 7.90. The van der Waals surface area contributed by atoms with Crippen LogP contribution in [0.1, 0.15) is 32.6 Å². The Morgan fingerprint density at radius 3 is 2.29 bits per heavy atom. The fraction of sp³-hybridized carbons (Fsp3) is 0.636. The molecule has 6 heteroatoms. The number of rotatable bonds is 3. The Labute approximate surface area is 99.1 Å². The van der Waals surface area contributed by atoms with Crippen molar-refractivity contribution in [1.82, 2.24) is 5.32 Å². The lowest BCUT2D eigenvalue weighted by molar-refractivity contribution is -0.136. The van der Waals surface area contributed by atoms with Gasteiger partial charge in [0.1, 0.15) is 0 Å². The minimum absolute atomic E-state index is 0.517. The highest BCUT2D eigenvalue weighted by Crippen LogP contribution is 2.27. The van der Waals surface area contributed by atoms with Crippen molar-refractivity contribution in [1.29, 1.82) is 5.26 Å². The summed E-state index contributed by atoms with van der Waals surface area (Å²) in [6, 6.07) is 1.56. The molecule has 1 fully saturated rings. The summed E-state index contributed by atoms with van der Waals surface area (Å²) in [6.45, 7) is 1.13. The van der Waals surface area contributed by atoms with E-state index < -0.39 is 29.1 Å². The van der Waals surface area contributed by atoms with Crippen molar-refractivity contribution in [3.05, 3.63) is 0 Å². The Morgan fingerprint density at radius 2 is 1.88 bits per heavy atom. The molecule has 0 saturated heterocycles. The van der Waals surface area contributed by atoms with Crippen molar-refractivity contribution in [3.63, 3.8) is 0 Å². The van der Waals surface area contributed by atoms with Crippen LogP contribution < -0.4 is 11.1 Å². The van der Waals surface area contributed by atoms with E-state index in [-0.39, 0.29) is 0 Å². The molecule has 1 aliphatic carbocycles. The van der Waals surface area contributed by atoms with Gasteiger partial charge in [-0.2, -0.15) is 5.26 Å². The molecule has 17 heavy (non-hydrogen) atoms. The fourth-order valence-corrected chi connectivity index (χ4v) is 1.88. The molecule has 0 aromatic rings. The van der Waals surface area contributed by atoms with E-state index >= 15 is 0 Å². The Hall–Kier alpha value is -1.74. The van der Waals surface area contributed by atoms with E-state index in [4.69, 9.17) is 11.0 Å². The van der Waals surface area contributed by atoms with E-state index in [1.54, 1.807) is 6.07 Å². The predicted molar refractivity (Wildman–Crippen MR) is 58.3 cm³/mol. The van der Waals surface area contributed by atoms with Gasteiger partial charge in [-0.3, -0.25) is 19.7 Å². The van der Waals surface area contributed by atoms with Crippen LogP contribution in [0.25, 0.3) is 0 Å². The van der Waals surface area contributed by atoms with E-state index in [0.717, 1.165) is 19.8 Å². The molecule has 2 amide bonds. The van der Waals surface area contributed by atoms with E-state index in [1.165, 1.54) is 0 Å². The van der Waals surface area contributed by atoms with Crippen LogP contribution >= 0.6 is 0 Å². The van der Waals surface area contributed by atoms with Crippen LogP contribution in [0.3, 0.4) is 0 Å². The summed E-state index contributed by atoms with van der Waals surface area (Å²) in [6.07, 6.45) is 2.71. The quantitative estimate of drug-likeness (QED) is 0.650. The van der Waals surface area contributed by atoms with Gasteiger partial charge in [0.2, 0.25) is 5.91 Å². The van der Waals surface area contributed by atoms with Gasteiger partial charge in [0.25, 0.3) is 5.91 Å². The number of nitrogens with two attached hydrogens (primary N) is 1. The Bertz CT molecular complexity index is 391. The van der Waals surface area contributed by atoms with Crippen molar-refractivity contribution in [2.75, 3.05) is 0 Å². The van der Waals surface area contributed by atoms with Gasteiger partial charge in [-0.15, -0.1) is 0 Å². The number of Topliss-reactive ketones (excluding diaryl/α,β-unsaturated/α-hetero) is 1. The second-order valence-corrected chi connectivity index (χ2v) is 4.35. The largest absolute Gasteiger partial charge is 0.317 e. The number of hydrogen-bond acceptors (Lipinski definition) is 5. The monoisotopic (exact) mass is 237 g/mol. The average molecular weight is 237 g/mol. The number of nitrogens with zero attached hydrogens (tertiary/aromatic N) is 1. The average Bonchev–Trinajstić information content (AvgIpc) is 2.66. The zero-order valence-corrected chi connectivity index (χ0v) is 9.66. The summed E-state index contributed by atoms with van der Waals surface area (Å²) in [7, 11) is 0. The third-order valence-corrected chi connectivity index (χ3v) is 2.98. The Kier molecular flexibility index (Phi) is 3.97. The lowest BCUT2D eigenvalue weighted by Gasteiger charge is -2.21. The molecule has 0 heterocycles. The van der Waals surface area contributed by atoms with E-state index in [1.807, 2.05) is 5.32 Å². The highest BCUT2D eigenvalue weighted by molar-refractivity contribution is 6.10. The zero-order valence-electron chi connectivity index (χ0n) is 9.66. The SMILES string of the molecule is CC(=O)C(C#N)C(=O)NC(=O)C1(N)CCCC1. The predicted octanol–water partition coefficient (Wildman–Crippen LogP) is -0.371. The van der Waals surface area contributed by atoms with Gasteiger partial charge in [0, 0.05) is 0 Å². The fourth-order valence-electron chi connectivity index (χ4n) is 1.88. The van der Waals surface area contributed by atoms with E-state index in [2.05, 4.69) is 0 Å². The van der Waals surface area contributed by atoms with Gasteiger partial charge >= 0.3 is 0 Å². The highest BCUT2D eigenvalue weighted by Gasteiger charge is 2.39. The van der Waals surface area contributed by atoms with Gasteiger partial charge in [-0.05, 0) is 19.8 Å². The number of imide groups is 1. The molecule has 0 aliphatic heterocycles. The second-order valence-electron chi connectivity index (χ2n) is 4.35. The molecular weight excluding hydrogens is 222 g/mol. The first kappa shape index (κ1) is 13.3. The summed E-state index contributed by atoms with van der Waals surface area (Å²) in [5.74, 6) is -3.51. The standard InChI is InChI=1S/C11H15N3O3/c1-7(15)8(6-12)9(16)14-10(17)11(13)4-2-3-5-11/h8H,2-5,13H2,1H3,(H,14,16,17). The molecule has 0 aromatic heterocycles. The Morgan fingerprint density at radius 1 is 1.35 bits per heavy atom. The molecule has 1 saturated carbocycles. The highest BCUT2D eigenvalue weighted by atomic mass is 16.2. The molecule has 1 aliphatic rings. The van der Waals surface area contributed by atoms with Crippen LogP contribution in [-0.2, 0) is 14.4 Å². The summed E-state index contributed by atoms with van der Waals surface area (Å²) < 4.78 is 0. The van der Waals surface area contributed by atoms with Crippen LogP contribution in [0.2, 0.25) is 0 Å². The Balaban J connectivity index is 2.66. The number of carbonyl (C=O) groups is 3. The zero-order chi connectivity index (χ0) is 13.1. The maximum absolute atomic E-state index is 11.7. The van der Waals surface area contributed by atoms with Gasteiger partial charge < -0.3 is 5.73 Å². The summed E-state index contributed by atoms with van der Waals surface area (Å²) in [4.78, 5) is 34.2. The van der Waals surface area contributed by atoms with Gasteiger partial charge in [-0.25, -0.2) is 0 Å². The molecule has 6 nitrogen and oxygen atoms in total. The molecule has 92 valence electrons. The minimum Gasteiger partial charge on any atom is -0.317 e. The molecule has 1 atom stereocenters. The lowest BCUT2D eigenvalue weighted by atomic mass is 9.97. The van der Waals surface area contributed by atoms with Crippen LogP contribution in [0.5, 0.6) is 0 Å². The first-order valence-corrected chi connectivity index (χ1v) is 5.45. The number of amides is 2. The molecule has 0 bridgehead atoms. The maximum atomic E-state index is 11.7. The van der Waals surface area contributed by atoms with Crippen molar-refractivity contribution >= 4 is 17.6 Å². The molecule has 0 spiro atoms.